The maximum Gasteiger partial charge on any atom is 0.136 e. The quantitative estimate of drug-likeness (QED) is 0.375. The molecule has 0 saturated heterocycles. The monoisotopic (exact) mass is 512 g/mol. The molecule has 0 saturated carbocycles. The highest BCUT2D eigenvalue weighted by Crippen LogP contribution is 2.47. The van der Waals surface area contributed by atoms with Gasteiger partial charge in [-0.1, -0.05) is 113 Å². The number of hydrogen-bond acceptors (Lipinski definition) is 4. The normalized spacial score (nSPS) is 14.6. The first-order valence-electron chi connectivity index (χ1n) is 13.5. The molecule has 0 radical (unpaired) electrons. The van der Waals surface area contributed by atoms with E-state index in [2.05, 4.69) is 95.2 Å². The first-order valence-corrected chi connectivity index (χ1v) is 13.5. The lowest BCUT2D eigenvalue weighted by Crippen LogP contribution is -2.44. The number of aliphatic hydroxyl groups excluding tert-OH is 3. The third kappa shape index (κ3) is 6.58. The molecule has 0 heterocycles. The van der Waals surface area contributed by atoms with E-state index in [1.165, 1.54) is 11.1 Å². The van der Waals surface area contributed by atoms with Crippen molar-refractivity contribution in [3.05, 3.63) is 64.2 Å². The zero-order valence-electron chi connectivity index (χ0n) is 25.4. The molecule has 3 N–H and O–H groups in total. The van der Waals surface area contributed by atoms with Gasteiger partial charge in [-0.2, -0.15) is 0 Å². The third-order valence-electron chi connectivity index (χ3n) is 7.27. The van der Waals surface area contributed by atoms with Crippen molar-refractivity contribution in [3.8, 4) is 5.75 Å². The van der Waals surface area contributed by atoms with Gasteiger partial charge in [-0.3, -0.25) is 0 Å². The SMILES string of the molecule is CC(C)(C)c1cccc(OC(c2cccc(C(C)(C)C)c2C(C)(C)C)C(CO)(CO)CO)c1C(C)(C)C. The van der Waals surface area contributed by atoms with Gasteiger partial charge in [0.1, 0.15) is 11.9 Å². The Morgan fingerprint density at radius 2 is 0.973 bits per heavy atom. The third-order valence-corrected chi connectivity index (χ3v) is 7.27. The summed E-state index contributed by atoms with van der Waals surface area (Å²) in [5.41, 5.74) is 3.50. The van der Waals surface area contributed by atoms with Crippen LogP contribution in [0, 0.1) is 5.41 Å². The second kappa shape index (κ2) is 10.7. The van der Waals surface area contributed by atoms with Crippen molar-refractivity contribution in [3.63, 3.8) is 0 Å². The first kappa shape index (κ1) is 31.3. The van der Waals surface area contributed by atoms with Crippen molar-refractivity contribution >= 4 is 0 Å². The molecule has 0 aromatic heterocycles. The fourth-order valence-electron chi connectivity index (χ4n) is 5.32. The summed E-state index contributed by atoms with van der Waals surface area (Å²) in [5, 5.41) is 31.9. The molecule has 208 valence electrons. The van der Waals surface area contributed by atoms with Crippen LogP contribution < -0.4 is 4.74 Å². The van der Waals surface area contributed by atoms with Crippen LogP contribution in [0.4, 0.5) is 0 Å². The van der Waals surface area contributed by atoms with Crippen LogP contribution in [-0.2, 0) is 21.7 Å². The van der Waals surface area contributed by atoms with Crippen LogP contribution in [0.3, 0.4) is 0 Å². The van der Waals surface area contributed by atoms with Gasteiger partial charge >= 0.3 is 0 Å². The van der Waals surface area contributed by atoms with Crippen molar-refractivity contribution < 1.29 is 20.1 Å². The molecular formula is C33H52O4. The van der Waals surface area contributed by atoms with Gasteiger partial charge in [0.25, 0.3) is 0 Å². The molecule has 4 heteroatoms. The molecule has 0 amide bonds. The van der Waals surface area contributed by atoms with E-state index in [9.17, 15) is 15.3 Å². The summed E-state index contributed by atoms with van der Waals surface area (Å²) in [7, 11) is 0. The maximum absolute atomic E-state index is 10.6. The van der Waals surface area contributed by atoms with E-state index in [1.54, 1.807) is 0 Å². The largest absolute Gasteiger partial charge is 0.485 e. The average molecular weight is 513 g/mol. The molecular weight excluding hydrogens is 460 g/mol. The van der Waals surface area contributed by atoms with Gasteiger partial charge < -0.3 is 20.1 Å². The van der Waals surface area contributed by atoms with Gasteiger partial charge in [0.2, 0.25) is 0 Å². The van der Waals surface area contributed by atoms with E-state index in [4.69, 9.17) is 4.74 Å². The lowest BCUT2D eigenvalue weighted by Gasteiger charge is -2.42. The fourth-order valence-corrected chi connectivity index (χ4v) is 5.32. The topological polar surface area (TPSA) is 69.9 Å². The predicted molar refractivity (Wildman–Crippen MR) is 155 cm³/mol. The Bertz CT molecular complexity index is 1040. The van der Waals surface area contributed by atoms with Crippen LogP contribution in [0.15, 0.2) is 36.4 Å². The Hall–Kier alpha value is -1.88. The highest BCUT2D eigenvalue weighted by molar-refractivity contribution is 5.50. The molecule has 1 atom stereocenters. The molecule has 1 unspecified atom stereocenters. The smallest absolute Gasteiger partial charge is 0.136 e. The molecule has 2 aromatic rings. The van der Waals surface area contributed by atoms with E-state index in [1.807, 2.05) is 24.3 Å². The Morgan fingerprint density at radius 3 is 1.35 bits per heavy atom. The molecule has 37 heavy (non-hydrogen) atoms. The van der Waals surface area contributed by atoms with Crippen LogP contribution in [-0.4, -0.2) is 35.1 Å². The van der Waals surface area contributed by atoms with E-state index in [-0.39, 0.29) is 21.7 Å². The Labute approximate surface area is 226 Å². The van der Waals surface area contributed by atoms with Crippen molar-refractivity contribution in [1.29, 1.82) is 0 Å². The second-order valence-corrected chi connectivity index (χ2v) is 14.8. The highest BCUT2D eigenvalue weighted by Gasteiger charge is 2.44. The maximum atomic E-state index is 10.6. The summed E-state index contributed by atoms with van der Waals surface area (Å²) in [5.74, 6) is 0.714. The van der Waals surface area contributed by atoms with Crippen molar-refractivity contribution in [2.45, 2.75) is 111 Å². The van der Waals surface area contributed by atoms with Crippen LogP contribution in [0.1, 0.15) is 117 Å². The van der Waals surface area contributed by atoms with Crippen molar-refractivity contribution in [2.24, 2.45) is 5.41 Å². The van der Waals surface area contributed by atoms with Crippen molar-refractivity contribution in [2.75, 3.05) is 19.8 Å². The zero-order valence-corrected chi connectivity index (χ0v) is 25.4. The summed E-state index contributed by atoms with van der Waals surface area (Å²) in [6.45, 7) is 25.0. The summed E-state index contributed by atoms with van der Waals surface area (Å²) in [4.78, 5) is 0. The summed E-state index contributed by atoms with van der Waals surface area (Å²) < 4.78 is 6.96. The Morgan fingerprint density at radius 1 is 0.568 bits per heavy atom. The molecule has 0 aliphatic heterocycles. The Balaban J connectivity index is 3.00. The number of rotatable bonds is 7. The second-order valence-electron chi connectivity index (χ2n) is 14.8. The summed E-state index contributed by atoms with van der Waals surface area (Å²) in [6, 6.07) is 12.3. The number of aliphatic hydroxyl groups is 3. The van der Waals surface area contributed by atoms with E-state index >= 15 is 0 Å². The molecule has 0 aliphatic carbocycles. The fraction of sp³-hybridized carbons (Fsp3) is 0.636. The van der Waals surface area contributed by atoms with Gasteiger partial charge in [0.05, 0.1) is 25.2 Å². The minimum absolute atomic E-state index is 0.109. The first-order chi connectivity index (χ1) is 16.7. The minimum Gasteiger partial charge on any atom is -0.485 e. The van der Waals surface area contributed by atoms with Gasteiger partial charge in [0.15, 0.2) is 0 Å². The predicted octanol–water partition coefficient (Wildman–Crippen LogP) is 6.96. The van der Waals surface area contributed by atoms with Gasteiger partial charge in [-0.05, 0) is 50.0 Å². The molecule has 2 rings (SSSR count). The zero-order chi connectivity index (χ0) is 28.6. The Kier molecular flexibility index (Phi) is 9.07. The lowest BCUT2D eigenvalue weighted by atomic mass is 9.69. The number of ether oxygens (including phenoxy) is 1. The molecule has 0 fully saturated rings. The van der Waals surface area contributed by atoms with E-state index in [0.717, 1.165) is 16.7 Å². The van der Waals surface area contributed by atoms with Crippen molar-refractivity contribution in [1.82, 2.24) is 0 Å². The van der Waals surface area contributed by atoms with Gasteiger partial charge in [-0.15, -0.1) is 0 Å². The summed E-state index contributed by atoms with van der Waals surface area (Å²) >= 11 is 0. The van der Waals surface area contributed by atoms with E-state index < -0.39 is 31.3 Å². The van der Waals surface area contributed by atoms with Gasteiger partial charge in [-0.25, -0.2) is 0 Å². The lowest BCUT2D eigenvalue weighted by molar-refractivity contribution is -0.0752. The van der Waals surface area contributed by atoms with Crippen LogP contribution in [0.2, 0.25) is 0 Å². The molecule has 0 aliphatic rings. The molecule has 0 bridgehead atoms. The van der Waals surface area contributed by atoms with Crippen LogP contribution >= 0.6 is 0 Å². The standard InChI is InChI=1S/C33H52O4/c1-29(2,3)23-16-13-15-22(26(23)31(7,8)9)28(33(19-34,20-35)21-36)37-25-18-14-17-24(30(4,5)6)27(25)32(10,11)12/h13-18,28,34-36H,19-21H2,1-12H3. The van der Waals surface area contributed by atoms with Crippen LogP contribution in [0.25, 0.3) is 0 Å². The minimum atomic E-state index is -1.29. The molecule has 4 nitrogen and oxygen atoms in total. The highest BCUT2D eigenvalue weighted by atomic mass is 16.5. The molecule has 2 aromatic carbocycles. The summed E-state index contributed by atoms with van der Waals surface area (Å²) in [6.07, 6.45) is -0.777. The van der Waals surface area contributed by atoms with E-state index in [0.29, 0.717) is 5.75 Å². The number of hydrogen-bond donors (Lipinski definition) is 3. The van der Waals surface area contributed by atoms with Gasteiger partial charge in [0, 0.05) is 5.56 Å². The average Bonchev–Trinajstić information content (AvgIpc) is 2.76. The number of benzene rings is 2. The van der Waals surface area contributed by atoms with Crippen LogP contribution in [0.5, 0.6) is 5.75 Å². The molecule has 0 spiro atoms.